The maximum atomic E-state index is 11.5. The van der Waals surface area contributed by atoms with Gasteiger partial charge in [-0.2, -0.15) is 0 Å². The van der Waals surface area contributed by atoms with Gasteiger partial charge in [0.25, 0.3) is 0 Å². The van der Waals surface area contributed by atoms with E-state index in [0.717, 1.165) is 5.92 Å². The molecule has 4 aliphatic carbocycles. The lowest BCUT2D eigenvalue weighted by Crippen LogP contribution is -2.64. The van der Waals surface area contributed by atoms with Crippen molar-refractivity contribution in [2.24, 2.45) is 16.7 Å². The number of alkyl halides is 1. The first-order valence-corrected chi connectivity index (χ1v) is 8.66. The molecule has 0 aromatic carbocycles. The van der Waals surface area contributed by atoms with Crippen molar-refractivity contribution in [2.75, 3.05) is 13.7 Å². The van der Waals surface area contributed by atoms with Crippen LogP contribution in [0.5, 0.6) is 0 Å². The quantitative estimate of drug-likeness (QED) is 0.628. The van der Waals surface area contributed by atoms with E-state index < -0.39 is 0 Å². The van der Waals surface area contributed by atoms with Crippen LogP contribution in [-0.2, 0) is 9.53 Å². The molecule has 0 aromatic heterocycles. The van der Waals surface area contributed by atoms with Crippen LogP contribution in [0.3, 0.4) is 0 Å². The normalized spacial score (nSPS) is 47.3. The van der Waals surface area contributed by atoms with Crippen LogP contribution in [0.4, 0.5) is 0 Å². The van der Waals surface area contributed by atoms with Gasteiger partial charge >= 0.3 is 5.97 Å². The van der Waals surface area contributed by atoms with Crippen molar-refractivity contribution in [3.8, 4) is 0 Å². The number of hydrogen-bond acceptors (Lipinski definition) is 3. The number of ether oxygens (including phenoxy) is 1. The Hall–Kier alpha value is -0.0900. The smallest absolute Gasteiger partial charge is 0.320 e. The van der Waals surface area contributed by atoms with Crippen LogP contribution in [0.15, 0.2) is 0 Å². The second-order valence-electron chi connectivity index (χ2n) is 8.28. The maximum absolute atomic E-state index is 11.5. The summed E-state index contributed by atoms with van der Waals surface area (Å²) in [5.74, 6) is 0.695. The molecule has 4 fully saturated rings. The van der Waals surface area contributed by atoms with Crippen molar-refractivity contribution < 1.29 is 9.53 Å². The second kappa shape index (κ2) is 4.70. The molecule has 4 rings (SSSR count). The van der Waals surface area contributed by atoms with Gasteiger partial charge in [0, 0.05) is 12.1 Å². The van der Waals surface area contributed by atoms with Gasteiger partial charge in [0.2, 0.25) is 0 Å². The lowest BCUT2D eigenvalue weighted by Gasteiger charge is -2.65. The highest BCUT2D eigenvalue weighted by atomic mass is 79.9. The summed E-state index contributed by atoms with van der Waals surface area (Å²) in [6.45, 7) is 5.61. The molecule has 0 amide bonds. The Kier molecular flexibility index (Phi) is 3.49. The lowest BCUT2D eigenvalue weighted by atomic mass is 9.43. The van der Waals surface area contributed by atoms with Crippen LogP contribution < -0.4 is 5.32 Å². The number of carbonyl (C=O) groups excluding carboxylic acids is 1. The molecule has 3 unspecified atom stereocenters. The van der Waals surface area contributed by atoms with E-state index in [1.807, 2.05) is 0 Å². The standard InChI is InChI=1S/C16H26BrNO2/c1-14-4-11-5-15(2,8-14)10-16(6-11,9-14)18-7-12(17)13(19)20-3/h11-12,18H,4-10H2,1-3H3. The van der Waals surface area contributed by atoms with Gasteiger partial charge in [0.15, 0.2) is 0 Å². The topological polar surface area (TPSA) is 38.3 Å². The zero-order chi connectivity index (χ0) is 14.6. The summed E-state index contributed by atoms with van der Waals surface area (Å²) in [5, 5.41) is 3.74. The Balaban J connectivity index is 1.71. The molecule has 1 N–H and O–H groups in total. The fourth-order valence-corrected chi connectivity index (χ4v) is 6.51. The molecule has 4 saturated carbocycles. The minimum atomic E-state index is -0.235. The van der Waals surface area contributed by atoms with Gasteiger partial charge in [-0.05, 0) is 55.3 Å². The molecule has 4 bridgehead atoms. The van der Waals surface area contributed by atoms with Crippen molar-refractivity contribution in [3.63, 3.8) is 0 Å². The lowest BCUT2D eigenvalue weighted by molar-refractivity contribution is -0.140. The Bertz CT molecular complexity index is 407. The molecule has 114 valence electrons. The van der Waals surface area contributed by atoms with Crippen molar-refractivity contribution >= 4 is 21.9 Å². The monoisotopic (exact) mass is 343 g/mol. The van der Waals surface area contributed by atoms with E-state index in [0.29, 0.717) is 17.4 Å². The third-order valence-electron chi connectivity index (χ3n) is 5.74. The number of esters is 1. The molecule has 4 heteroatoms. The van der Waals surface area contributed by atoms with Gasteiger partial charge < -0.3 is 10.1 Å². The van der Waals surface area contributed by atoms with E-state index in [4.69, 9.17) is 4.74 Å². The molecular formula is C16H26BrNO2. The largest absolute Gasteiger partial charge is 0.468 e. The number of rotatable bonds is 4. The van der Waals surface area contributed by atoms with Crippen LogP contribution in [0.1, 0.15) is 52.4 Å². The van der Waals surface area contributed by atoms with Gasteiger partial charge in [-0.15, -0.1) is 0 Å². The van der Waals surface area contributed by atoms with E-state index in [-0.39, 0.29) is 16.3 Å². The van der Waals surface area contributed by atoms with E-state index in [1.165, 1.54) is 45.6 Å². The first-order valence-electron chi connectivity index (χ1n) is 7.74. The predicted octanol–water partition coefficient (Wildman–Crippen LogP) is 3.26. The van der Waals surface area contributed by atoms with Crippen molar-refractivity contribution in [1.29, 1.82) is 0 Å². The van der Waals surface area contributed by atoms with Gasteiger partial charge in [-0.3, -0.25) is 4.79 Å². The molecule has 0 spiro atoms. The average molecular weight is 344 g/mol. The van der Waals surface area contributed by atoms with Crippen LogP contribution in [-0.4, -0.2) is 30.0 Å². The predicted molar refractivity (Wildman–Crippen MR) is 82.9 cm³/mol. The zero-order valence-corrected chi connectivity index (χ0v) is 14.4. The second-order valence-corrected chi connectivity index (χ2v) is 9.39. The first kappa shape index (κ1) is 14.8. The minimum Gasteiger partial charge on any atom is -0.468 e. The average Bonchev–Trinajstić information content (AvgIpc) is 2.30. The van der Waals surface area contributed by atoms with Crippen LogP contribution >= 0.6 is 15.9 Å². The van der Waals surface area contributed by atoms with E-state index in [2.05, 4.69) is 35.1 Å². The van der Waals surface area contributed by atoms with Crippen LogP contribution in [0.25, 0.3) is 0 Å². The summed E-state index contributed by atoms with van der Waals surface area (Å²) in [6.07, 6.45) is 8.02. The van der Waals surface area contributed by atoms with E-state index in [9.17, 15) is 4.79 Å². The number of hydrogen-bond donors (Lipinski definition) is 1. The molecule has 3 atom stereocenters. The molecular weight excluding hydrogens is 318 g/mol. The van der Waals surface area contributed by atoms with Crippen molar-refractivity contribution in [2.45, 2.75) is 62.7 Å². The van der Waals surface area contributed by atoms with Gasteiger partial charge in [0.1, 0.15) is 4.83 Å². The minimum absolute atomic E-state index is 0.181. The summed E-state index contributed by atoms with van der Waals surface area (Å²) in [5.41, 5.74) is 1.27. The summed E-state index contributed by atoms with van der Waals surface area (Å²) < 4.78 is 4.80. The maximum Gasteiger partial charge on any atom is 0.320 e. The molecule has 0 aromatic rings. The molecule has 20 heavy (non-hydrogen) atoms. The number of halogens is 1. The molecule has 0 heterocycles. The summed E-state index contributed by atoms with van der Waals surface area (Å²) in [7, 11) is 1.45. The molecule has 4 aliphatic rings. The molecule has 0 radical (unpaired) electrons. The van der Waals surface area contributed by atoms with Crippen LogP contribution in [0, 0.1) is 16.7 Å². The summed E-state index contributed by atoms with van der Waals surface area (Å²) in [6, 6.07) is 0. The zero-order valence-electron chi connectivity index (χ0n) is 12.8. The SMILES string of the molecule is COC(=O)C(Br)CNC12CC3CC(C)(CC(C)(C3)C1)C2. The number of nitrogens with one attached hydrogen (secondary N) is 1. The van der Waals surface area contributed by atoms with Crippen molar-refractivity contribution in [1.82, 2.24) is 5.32 Å². The third kappa shape index (κ3) is 2.54. The number of carbonyl (C=O) groups is 1. The summed E-state index contributed by atoms with van der Waals surface area (Å²) >= 11 is 3.43. The van der Waals surface area contributed by atoms with Gasteiger partial charge in [-0.1, -0.05) is 29.8 Å². The van der Waals surface area contributed by atoms with Gasteiger partial charge in [0.05, 0.1) is 7.11 Å². The Morgan fingerprint density at radius 3 is 2.35 bits per heavy atom. The molecule has 3 nitrogen and oxygen atoms in total. The van der Waals surface area contributed by atoms with Crippen LogP contribution in [0.2, 0.25) is 0 Å². The van der Waals surface area contributed by atoms with E-state index >= 15 is 0 Å². The number of methoxy groups -OCH3 is 1. The fraction of sp³-hybridized carbons (Fsp3) is 0.938. The summed E-state index contributed by atoms with van der Waals surface area (Å²) in [4.78, 5) is 11.3. The molecule has 0 saturated heterocycles. The Labute approximate surface area is 130 Å². The highest BCUT2D eigenvalue weighted by Crippen LogP contribution is 2.66. The highest BCUT2D eigenvalue weighted by molar-refractivity contribution is 9.10. The Morgan fingerprint density at radius 2 is 1.85 bits per heavy atom. The molecule has 0 aliphatic heterocycles. The first-order chi connectivity index (χ1) is 9.27. The third-order valence-corrected chi connectivity index (χ3v) is 6.44. The Morgan fingerprint density at radius 1 is 1.25 bits per heavy atom. The highest BCUT2D eigenvalue weighted by Gasteiger charge is 2.59. The van der Waals surface area contributed by atoms with E-state index in [1.54, 1.807) is 0 Å². The van der Waals surface area contributed by atoms with Gasteiger partial charge in [-0.25, -0.2) is 0 Å². The van der Waals surface area contributed by atoms with Crippen molar-refractivity contribution in [3.05, 3.63) is 0 Å². The fourth-order valence-electron chi connectivity index (χ4n) is 6.16.